The van der Waals surface area contributed by atoms with E-state index in [9.17, 15) is 55.0 Å². The monoisotopic (exact) mass is 760 g/mol. The van der Waals surface area contributed by atoms with Crippen LogP contribution in [0.15, 0.2) is 54.6 Å². The van der Waals surface area contributed by atoms with Crippen molar-refractivity contribution in [2.24, 2.45) is 0 Å². The van der Waals surface area contributed by atoms with Crippen LogP contribution in [0, 0.1) is 20.2 Å². The lowest BCUT2D eigenvalue weighted by Crippen LogP contribution is -2.29. The molecule has 20 heteroatoms. The molecular formula is C34H44N6O14. The van der Waals surface area contributed by atoms with Gasteiger partial charge in [-0.15, -0.1) is 0 Å². The maximum absolute atomic E-state index is 12.0. The summed E-state index contributed by atoms with van der Waals surface area (Å²) >= 11 is 0. The molecule has 3 aliphatic rings. The molecule has 3 aromatic carbocycles. The summed E-state index contributed by atoms with van der Waals surface area (Å²) in [6, 6.07) is 11.8. The number of nitrogens with one attached hydrogen (secondary N) is 1. The minimum atomic E-state index is -1.40. The third-order valence-corrected chi connectivity index (χ3v) is 8.12. The number of aromatic carboxylic acids is 1. The van der Waals surface area contributed by atoms with Crippen LogP contribution < -0.4 is 11.1 Å². The van der Waals surface area contributed by atoms with Gasteiger partial charge in [0.25, 0.3) is 11.8 Å². The summed E-state index contributed by atoms with van der Waals surface area (Å²) in [4.78, 5) is 56.6. The highest BCUT2D eigenvalue weighted by atomic mass is 16.6. The number of β-amino-alcohol motifs (C(OH)–C–C–N with tert-alkyl or cyclic N) is 3. The number of nitrogens with two attached hydrogens (primary N) is 1. The van der Waals surface area contributed by atoms with Gasteiger partial charge in [0, 0.05) is 44.9 Å². The number of phenolic OH excluding ortho intramolecular Hbond substituents is 2. The van der Waals surface area contributed by atoms with Crippen molar-refractivity contribution in [1.29, 1.82) is 0 Å². The molecule has 54 heavy (non-hydrogen) atoms. The molecule has 0 saturated carbocycles. The maximum atomic E-state index is 12.0. The Morgan fingerprint density at radius 1 is 0.685 bits per heavy atom. The number of nitrogens with zero attached hydrogens (tertiary/aromatic N) is 4. The van der Waals surface area contributed by atoms with Crippen LogP contribution in [0.25, 0.3) is 0 Å². The Balaban J connectivity index is 0.000000260. The largest absolute Gasteiger partial charge is 0.505 e. The van der Waals surface area contributed by atoms with Crippen molar-refractivity contribution in [2.45, 2.75) is 45.0 Å². The van der Waals surface area contributed by atoms with Crippen molar-refractivity contribution < 1.29 is 60.0 Å². The molecule has 3 heterocycles. The Kier molecular flexibility index (Phi) is 16.5. The number of carboxylic acid groups (broad SMARTS) is 1. The Morgan fingerprint density at radius 2 is 1.11 bits per heavy atom. The summed E-state index contributed by atoms with van der Waals surface area (Å²) in [7, 11) is 0. The number of nitro benzene ring substituents is 2. The lowest BCUT2D eigenvalue weighted by molar-refractivity contribution is -0.386. The quantitative estimate of drug-likeness (QED) is 0.0773. The van der Waals surface area contributed by atoms with Crippen molar-refractivity contribution in [3.63, 3.8) is 0 Å². The molecular weight excluding hydrogens is 716 g/mol. The van der Waals surface area contributed by atoms with Crippen molar-refractivity contribution >= 4 is 34.8 Å². The lowest BCUT2D eigenvalue weighted by atomic mass is 10.1. The molecule has 2 amide bonds. The predicted octanol–water partition coefficient (Wildman–Crippen LogP) is 1.66. The molecule has 3 fully saturated rings. The summed E-state index contributed by atoms with van der Waals surface area (Å²) in [6.45, 7) is 3.16. The van der Waals surface area contributed by atoms with E-state index in [-0.39, 0.29) is 48.5 Å². The Labute approximate surface area is 308 Å². The zero-order chi connectivity index (χ0) is 39.4. The molecule has 3 atom stereocenters. The first-order valence-electron chi connectivity index (χ1n) is 16.1. The zero-order valence-corrected chi connectivity index (χ0v) is 28.1. The number of aliphatic hydroxyl groups excluding tert-OH is 3. The molecule has 3 saturated heterocycles. The van der Waals surface area contributed by atoms with Crippen LogP contribution in [-0.2, 0) is 0 Å². The first-order chi connectivity index (χ1) is 25.0. The minimum Gasteiger partial charge on any atom is -0.505 e. The van der Waals surface area contributed by atoms with Crippen LogP contribution in [0.1, 0.15) is 57.8 Å². The van der Waals surface area contributed by atoms with E-state index in [0.29, 0.717) is 32.5 Å². The standard InChI is InChI=1S/C11H12N2O5.C11H14N2O3.C7H5NO5.C4H9NO.CH4/c14-7-4-5-12(6-7)11(16)8-2-1-3-9(10(8)15)13(17)18;12-9-3-1-2-8(10(9)15)11(16)13-5-4-7(14)6-13;9-6-4(7(10)11)2-1-3-5(6)8(12)13;6-4-1-2-5-3-4;/h1-3,7,14-15H,4-6H2;1-3,7,14-15H,4-6,12H2;1-3,9H,(H,10,11);4-6H,1-3H2;1H4/t2*7-;;4-;/m00.0./s1. The highest BCUT2D eigenvalue weighted by Gasteiger charge is 2.30. The molecule has 3 aliphatic heterocycles. The average molecular weight is 761 g/mol. The molecule has 20 nitrogen and oxygen atoms in total. The number of carbonyl (C=O) groups excluding carboxylic acids is 2. The molecule has 0 bridgehead atoms. The summed E-state index contributed by atoms with van der Waals surface area (Å²) in [5.41, 5.74) is 4.19. The van der Waals surface area contributed by atoms with Crippen molar-refractivity contribution in [1.82, 2.24) is 15.1 Å². The number of anilines is 1. The fraction of sp³-hybridized carbons (Fsp3) is 0.382. The number of benzene rings is 3. The Bertz CT molecular complexity index is 1770. The predicted molar refractivity (Wildman–Crippen MR) is 192 cm³/mol. The molecule has 6 rings (SSSR count). The van der Waals surface area contributed by atoms with Gasteiger partial charge >= 0.3 is 17.3 Å². The van der Waals surface area contributed by atoms with Gasteiger partial charge in [0.15, 0.2) is 5.75 Å². The highest BCUT2D eigenvalue weighted by Crippen LogP contribution is 2.31. The molecule has 0 unspecified atom stereocenters. The van der Waals surface area contributed by atoms with Gasteiger partial charge in [-0.2, -0.15) is 0 Å². The Hall–Kier alpha value is -6.09. The minimum absolute atomic E-state index is 0. The third-order valence-electron chi connectivity index (χ3n) is 8.12. The molecule has 294 valence electrons. The number of rotatable bonds is 5. The van der Waals surface area contributed by atoms with Gasteiger partial charge in [-0.3, -0.25) is 29.8 Å². The number of phenols is 3. The van der Waals surface area contributed by atoms with Gasteiger partial charge in [0.1, 0.15) is 5.56 Å². The number of hydrogen-bond acceptors (Lipinski definition) is 15. The topological polar surface area (TPSA) is 324 Å². The lowest BCUT2D eigenvalue weighted by Gasteiger charge is -2.16. The number of amides is 2. The number of nitrogen functional groups attached to an aromatic ring is 1. The van der Waals surface area contributed by atoms with E-state index >= 15 is 0 Å². The number of nitro groups is 2. The summed E-state index contributed by atoms with van der Waals surface area (Å²) < 4.78 is 0. The first kappa shape index (κ1) is 44.1. The van der Waals surface area contributed by atoms with E-state index in [1.54, 1.807) is 6.07 Å². The fourth-order valence-corrected chi connectivity index (χ4v) is 5.27. The molecule has 3 aromatic rings. The number of aromatic hydroxyl groups is 3. The van der Waals surface area contributed by atoms with Gasteiger partial charge in [-0.1, -0.05) is 25.6 Å². The second-order valence-electron chi connectivity index (χ2n) is 11.9. The Morgan fingerprint density at radius 3 is 1.46 bits per heavy atom. The number of aliphatic hydroxyl groups is 3. The number of likely N-dealkylation sites (tertiary alicyclic amines) is 2. The molecule has 0 aliphatic carbocycles. The van der Waals surface area contributed by atoms with Gasteiger partial charge in [-0.05, 0) is 50.1 Å². The summed E-state index contributed by atoms with van der Waals surface area (Å²) in [6.07, 6.45) is 0.878. The van der Waals surface area contributed by atoms with Crippen molar-refractivity contribution in [3.8, 4) is 17.2 Å². The van der Waals surface area contributed by atoms with Gasteiger partial charge in [0.05, 0.1) is 45.0 Å². The van der Waals surface area contributed by atoms with Gasteiger partial charge < -0.3 is 56.6 Å². The first-order valence-corrected chi connectivity index (χ1v) is 16.1. The van der Waals surface area contributed by atoms with E-state index in [4.69, 9.17) is 21.1 Å². The smallest absolute Gasteiger partial charge is 0.339 e. The molecule has 0 spiro atoms. The van der Waals surface area contributed by atoms with Crippen LogP contribution in [-0.4, -0.2) is 131 Å². The number of para-hydroxylation sites is 3. The summed E-state index contributed by atoms with van der Waals surface area (Å²) in [5.74, 6) is -3.84. The fourth-order valence-electron chi connectivity index (χ4n) is 5.27. The maximum Gasteiger partial charge on any atom is 0.339 e. The van der Waals surface area contributed by atoms with E-state index < -0.39 is 62.4 Å². The van der Waals surface area contributed by atoms with Crippen molar-refractivity contribution in [2.75, 3.05) is 45.0 Å². The van der Waals surface area contributed by atoms with Crippen LogP contribution in [0.4, 0.5) is 17.1 Å². The van der Waals surface area contributed by atoms with Gasteiger partial charge in [-0.25, -0.2) is 4.79 Å². The third kappa shape index (κ3) is 11.7. The number of carboxylic acids is 1. The highest BCUT2D eigenvalue weighted by molar-refractivity contribution is 5.99. The number of carbonyl (C=O) groups is 3. The van der Waals surface area contributed by atoms with Gasteiger partial charge in [0.2, 0.25) is 11.5 Å². The van der Waals surface area contributed by atoms with Crippen LogP contribution >= 0.6 is 0 Å². The van der Waals surface area contributed by atoms with Crippen molar-refractivity contribution in [3.05, 3.63) is 91.5 Å². The normalized spacial score (nSPS) is 18.4. The van der Waals surface area contributed by atoms with Crippen LogP contribution in [0.3, 0.4) is 0 Å². The zero-order valence-electron chi connectivity index (χ0n) is 28.1. The summed E-state index contributed by atoms with van der Waals surface area (Å²) in [5, 5.41) is 88.2. The second-order valence-corrected chi connectivity index (χ2v) is 11.9. The van der Waals surface area contributed by atoms with Crippen LogP contribution in [0.5, 0.6) is 17.2 Å². The number of hydrogen-bond donors (Lipinski definition) is 9. The van der Waals surface area contributed by atoms with E-state index in [1.807, 2.05) is 0 Å². The van der Waals surface area contributed by atoms with E-state index in [0.717, 1.165) is 37.7 Å². The molecule has 0 aromatic heterocycles. The van der Waals surface area contributed by atoms with E-state index in [1.165, 1.54) is 40.1 Å². The van der Waals surface area contributed by atoms with E-state index in [2.05, 4.69) is 5.32 Å². The molecule has 0 radical (unpaired) electrons. The van der Waals surface area contributed by atoms with Crippen LogP contribution in [0.2, 0.25) is 0 Å². The SMILES string of the molecule is C.Nc1cccc(C(=O)N2CC[C@H](O)C2)c1O.O=C(O)c1cccc([N+](=O)[O-])c1O.O=C(c1cccc([N+](=O)[O-])c1O)N1CC[C@H](O)C1.O[C@H]1CCNC1. The molecule has 10 N–H and O–H groups in total. The second kappa shape index (κ2) is 20.2. The average Bonchev–Trinajstić information content (AvgIpc) is 3.89.